The topological polar surface area (TPSA) is 148 Å². The molecule has 0 spiro atoms. The molecule has 1 unspecified atom stereocenters. The number of esters is 2. The minimum atomic E-state index is -1.48. The number of carboxylic acid groups (broad SMARTS) is 1. The lowest BCUT2D eigenvalue weighted by Gasteiger charge is -2.17. The van der Waals surface area contributed by atoms with Crippen LogP contribution in [0.25, 0.3) is 0 Å². The standard InChI is InChI=1S/C14H16B2Br4N2O8/c15-13(17,18)11(27)21-1-3-29-9(25)6-7(5-8(23)24)10(26)30-4-2-22-12(28)14(16,19)20/h7H,1-6H2,(H,21,27)(H,22,28)(H,23,24). The SMILES string of the molecule is [B]C(Br)(Br)C(=O)NCCOC(=O)CC(CC(=O)O)C(=O)OCCNC(=O)C([B])(Br)Br. The van der Waals surface area contributed by atoms with Gasteiger partial charge in [-0.3, -0.25) is 24.0 Å². The van der Waals surface area contributed by atoms with Gasteiger partial charge in [-0.15, -0.1) is 0 Å². The van der Waals surface area contributed by atoms with E-state index in [2.05, 4.69) is 74.4 Å². The molecular weight excluding hydrogens is 665 g/mol. The number of aliphatic carboxylic acids is 1. The highest BCUT2D eigenvalue weighted by Crippen LogP contribution is 2.21. The summed E-state index contributed by atoms with van der Waals surface area (Å²) in [5.41, 5.74) is 0. The number of halogens is 4. The molecule has 1 atom stereocenters. The zero-order valence-electron chi connectivity index (χ0n) is 15.3. The van der Waals surface area contributed by atoms with Crippen LogP contribution in [0.2, 0.25) is 0 Å². The molecule has 16 heteroatoms. The smallest absolute Gasteiger partial charge is 0.310 e. The third-order valence-electron chi connectivity index (χ3n) is 3.06. The van der Waals surface area contributed by atoms with Crippen molar-refractivity contribution in [3.8, 4) is 0 Å². The summed E-state index contributed by atoms with van der Waals surface area (Å²) in [6, 6.07) is 0. The Morgan fingerprint density at radius 3 is 1.67 bits per heavy atom. The summed E-state index contributed by atoms with van der Waals surface area (Å²) in [4.78, 5) is 57.8. The molecule has 0 rings (SSSR count). The molecule has 0 aromatic heterocycles. The highest BCUT2D eigenvalue weighted by atomic mass is 79.9. The van der Waals surface area contributed by atoms with Gasteiger partial charge in [0.2, 0.25) is 11.8 Å². The molecule has 10 nitrogen and oxygen atoms in total. The first-order valence-electron chi connectivity index (χ1n) is 8.08. The summed E-state index contributed by atoms with van der Waals surface area (Å²) >= 11 is 11.5. The van der Waals surface area contributed by atoms with Crippen LogP contribution >= 0.6 is 63.7 Å². The first-order chi connectivity index (χ1) is 13.6. The van der Waals surface area contributed by atoms with Crippen LogP contribution in [0.5, 0.6) is 0 Å². The fourth-order valence-corrected chi connectivity index (χ4v) is 2.27. The van der Waals surface area contributed by atoms with E-state index in [9.17, 15) is 24.0 Å². The van der Waals surface area contributed by atoms with E-state index in [-0.39, 0.29) is 26.3 Å². The van der Waals surface area contributed by atoms with E-state index in [0.29, 0.717) is 0 Å². The molecule has 0 aliphatic rings. The van der Waals surface area contributed by atoms with E-state index in [1.165, 1.54) is 0 Å². The maximum absolute atomic E-state index is 12.1. The average Bonchev–Trinajstić information content (AvgIpc) is 2.59. The van der Waals surface area contributed by atoms with Crippen molar-refractivity contribution < 1.29 is 38.6 Å². The summed E-state index contributed by atoms with van der Waals surface area (Å²) in [5, 5.41) is 13.7. The first-order valence-corrected chi connectivity index (χ1v) is 11.3. The minimum Gasteiger partial charge on any atom is -0.481 e. The third-order valence-corrected chi connectivity index (χ3v) is 4.50. The zero-order valence-corrected chi connectivity index (χ0v) is 21.6. The number of rotatable bonds is 13. The van der Waals surface area contributed by atoms with Crippen LogP contribution in [-0.2, 0) is 33.4 Å². The Bertz CT molecular complexity index is 655. The number of nitrogens with one attached hydrogen (secondary N) is 2. The van der Waals surface area contributed by atoms with Crippen LogP contribution in [0.1, 0.15) is 12.8 Å². The zero-order chi connectivity index (χ0) is 23.5. The minimum absolute atomic E-state index is 0.0573. The molecule has 0 saturated heterocycles. The van der Waals surface area contributed by atoms with Crippen molar-refractivity contribution in [2.75, 3.05) is 26.3 Å². The van der Waals surface area contributed by atoms with Gasteiger partial charge in [-0.2, -0.15) is 0 Å². The predicted octanol–water partition coefficient (Wildman–Crippen LogP) is 0.0104. The first kappa shape index (κ1) is 29.4. The van der Waals surface area contributed by atoms with Crippen LogP contribution in [0, 0.1) is 5.92 Å². The van der Waals surface area contributed by atoms with Crippen molar-refractivity contribution in [2.45, 2.75) is 19.1 Å². The predicted molar refractivity (Wildman–Crippen MR) is 121 cm³/mol. The Morgan fingerprint density at radius 1 is 0.833 bits per heavy atom. The quantitative estimate of drug-likeness (QED) is 0.107. The molecular formula is C14H16B2Br4N2O8. The van der Waals surface area contributed by atoms with Crippen molar-refractivity contribution in [1.29, 1.82) is 0 Å². The summed E-state index contributed by atoms with van der Waals surface area (Å²) in [7, 11) is 10.9. The van der Waals surface area contributed by atoms with Crippen LogP contribution < -0.4 is 10.6 Å². The van der Waals surface area contributed by atoms with Gasteiger partial charge in [-0.05, 0) is 0 Å². The van der Waals surface area contributed by atoms with E-state index >= 15 is 0 Å². The summed E-state index contributed by atoms with van der Waals surface area (Å²) in [5.74, 6) is -5.63. The lowest BCUT2D eigenvalue weighted by atomic mass is 10.0. The highest BCUT2D eigenvalue weighted by molar-refractivity contribution is 9.26. The molecule has 164 valence electrons. The lowest BCUT2D eigenvalue weighted by Crippen LogP contribution is -2.40. The molecule has 0 fully saturated rings. The van der Waals surface area contributed by atoms with E-state index in [4.69, 9.17) is 30.3 Å². The lowest BCUT2D eigenvalue weighted by molar-refractivity contribution is -0.158. The van der Waals surface area contributed by atoms with Crippen LogP contribution in [0.15, 0.2) is 0 Å². The van der Waals surface area contributed by atoms with Gasteiger partial charge in [-0.1, -0.05) is 63.7 Å². The van der Waals surface area contributed by atoms with E-state index < -0.39 is 54.7 Å². The molecule has 0 aromatic rings. The second-order valence-electron chi connectivity index (χ2n) is 5.64. The normalized spacial score (nSPS) is 12.4. The molecule has 0 bridgehead atoms. The van der Waals surface area contributed by atoms with Gasteiger partial charge in [0.15, 0.2) is 0 Å². The van der Waals surface area contributed by atoms with Crippen LogP contribution in [0.3, 0.4) is 0 Å². The van der Waals surface area contributed by atoms with Crippen LogP contribution in [0.4, 0.5) is 0 Å². The molecule has 3 N–H and O–H groups in total. The molecule has 0 aliphatic carbocycles. The summed E-state index contributed by atoms with van der Waals surface area (Å²) in [6.45, 7) is -0.633. The third kappa shape index (κ3) is 13.7. The van der Waals surface area contributed by atoms with Gasteiger partial charge < -0.3 is 25.2 Å². The number of ether oxygens (including phenoxy) is 2. The molecule has 0 aromatic carbocycles. The Kier molecular flexibility index (Phi) is 13.5. The Morgan fingerprint density at radius 2 is 1.27 bits per heavy atom. The summed E-state index contributed by atoms with van der Waals surface area (Å²) < 4.78 is 6.80. The second-order valence-corrected chi connectivity index (χ2v) is 12.8. The monoisotopic (exact) mass is 678 g/mol. The maximum atomic E-state index is 12.1. The maximum Gasteiger partial charge on any atom is 0.310 e. The highest BCUT2D eigenvalue weighted by Gasteiger charge is 2.28. The number of carboxylic acids is 1. The number of hydrogen-bond donors (Lipinski definition) is 3. The van der Waals surface area contributed by atoms with E-state index in [1.54, 1.807) is 0 Å². The number of amides is 2. The fraction of sp³-hybridized carbons (Fsp3) is 0.643. The van der Waals surface area contributed by atoms with Crippen LogP contribution in [-0.4, -0.2) is 83.1 Å². The van der Waals surface area contributed by atoms with E-state index in [0.717, 1.165) is 0 Å². The second kappa shape index (κ2) is 13.7. The van der Waals surface area contributed by atoms with Gasteiger partial charge in [0, 0.05) is 0 Å². The molecule has 2 amide bonds. The largest absolute Gasteiger partial charge is 0.481 e. The molecule has 0 heterocycles. The van der Waals surface area contributed by atoms with Gasteiger partial charge in [0.25, 0.3) is 0 Å². The van der Waals surface area contributed by atoms with Crippen molar-refractivity contribution in [2.24, 2.45) is 5.92 Å². The van der Waals surface area contributed by atoms with Gasteiger partial charge in [-0.25, -0.2) is 0 Å². The molecule has 0 saturated carbocycles. The Hall–Kier alpha value is -0.600. The van der Waals surface area contributed by atoms with Crippen molar-refractivity contribution in [3.63, 3.8) is 0 Å². The van der Waals surface area contributed by atoms with Gasteiger partial charge in [0.1, 0.15) is 35.2 Å². The average molecular weight is 682 g/mol. The van der Waals surface area contributed by atoms with E-state index in [1.807, 2.05) is 0 Å². The Labute approximate surface area is 208 Å². The molecule has 4 radical (unpaired) electrons. The van der Waals surface area contributed by atoms with Crippen molar-refractivity contribution in [3.05, 3.63) is 0 Å². The Balaban J connectivity index is 4.44. The van der Waals surface area contributed by atoms with Crippen molar-refractivity contribution >= 4 is 109 Å². The molecule has 30 heavy (non-hydrogen) atoms. The number of alkyl halides is 4. The number of carbonyl (C=O) groups excluding carboxylic acids is 4. The number of hydrogen-bond acceptors (Lipinski definition) is 7. The molecule has 0 aliphatic heterocycles. The van der Waals surface area contributed by atoms with Gasteiger partial charge >= 0.3 is 17.9 Å². The van der Waals surface area contributed by atoms with Crippen molar-refractivity contribution in [1.82, 2.24) is 10.6 Å². The summed E-state index contributed by atoms with van der Waals surface area (Å²) in [6.07, 6.45) is -1.20. The fourth-order valence-electron chi connectivity index (χ4n) is 1.71. The van der Waals surface area contributed by atoms with Gasteiger partial charge in [0.05, 0.1) is 31.8 Å². The number of carbonyl (C=O) groups is 5.